The number of carbonyl (C=O) groups is 1. The van der Waals surface area contributed by atoms with Crippen molar-refractivity contribution >= 4 is 17.0 Å². The smallest absolute Gasteiger partial charge is 0.395 e. The minimum Gasteiger partial charge on any atom is -0.395 e. The van der Waals surface area contributed by atoms with Gasteiger partial charge in [-0.15, -0.1) is 0 Å². The molecule has 0 saturated heterocycles. The van der Waals surface area contributed by atoms with E-state index in [9.17, 15) is 4.79 Å². The van der Waals surface area contributed by atoms with E-state index in [0.717, 1.165) is 6.33 Å². The molecule has 0 N–H and O–H groups in total. The molecule has 12 heavy (non-hydrogen) atoms. The first kappa shape index (κ1) is 8.43. The Kier molecular flexibility index (Phi) is 2.56. The molecule has 0 bridgehead atoms. The zero-order valence-electron chi connectivity index (χ0n) is 5.69. The predicted octanol–water partition coefficient (Wildman–Crippen LogP) is 1.09. The molecule has 0 aliphatic carbocycles. The van der Waals surface area contributed by atoms with Crippen molar-refractivity contribution in [1.82, 2.24) is 9.97 Å². The molecule has 60 valence electrons. The van der Waals surface area contributed by atoms with E-state index >= 15 is 0 Å². The minimum atomic E-state index is -1.00. The van der Waals surface area contributed by atoms with Crippen LogP contribution < -0.4 is 4.74 Å². The fourth-order valence-electron chi connectivity index (χ4n) is 0.539. The summed E-state index contributed by atoms with van der Waals surface area (Å²) in [6, 6.07) is 2.96. The van der Waals surface area contributed by atoms with E-state index in [0.29, 0.717) is 0 Å². The third-order valence-electron chi connectivity index (χ3n) is 0.941. The van der Waals surface area contributed by atoms with Gasteiger partial charge in [-0.2, -0.15) is 5.26 Å². The molecule has 5 nitrogen and oxygen atoms in total. The van der Waals surface area contributed by atoms with Gasteiger partial charge in [0, 0.05) is 17.7 Å². The molecule has 0 fully saturated rings. The molecule has 0 aromatic carbocycles. The number of hydrogen-bond donors (Lipinski definition) is 0. The van der Waals surface area contributed by atoms with Gasteiger partial charge in [0.1, 0.15) is 18.1 Å². The summed E-state index contributed by atoms with van der Waals surface area (Å²) >= 11 is 4.90. The molecular formula is C6H2ClN3O2. The highest BCUT2D eigenvalue weighted by molar-refractivity contribution is 6.61. The monoisotopic (exact) mass is 183 g/mol. The second kappa shape index (κ2) is 3.64. The number of hydrogen-bond acceptors (Lipinski definition) is 5. The first-order valence-electron chi connectivity index (χ1n) is 2.82. The first-order valence-corrected chi connectivity index (χ1v) is 3.19. The molecule has 0 amide bonds. The van der Waals surface area contributed by atoms with Crippen LogP contribution in [0.25, 0.3) is 0 Å². The highest BCUT2D eigenvalue weighted by atomic mass is 35.5. The van der Waals surface area contributed by atoms with Crippen molar-refractivity contribution in [3.05, 3.63) is 18.1 Å². The first-order chi connectivity index (χ1) is 5.72. The van der Waals surface area contributed by atoms with Crippen molar-refractivity contribution in [3.63, 3.8) is 0 Å². The number of nitriles is 1. The Morgan fingerprint density at radius 1 is 1.67 bits per heavy atom. The SMILES string of the molecule is N#Cc1cc(OC(=O)Cl)ncn1. The van der Waals surface area contributed by atoms with Gasteiger partial charge in [0.15, 0.2) is 0 Å². The van der Waals surface area contributed by atoms with Crippen molar-refractivity contribution in [2.24, 2.45) is 0 Å². The Hall–Kier alpha value is -1.67. The lowest BCUT2D eigenvalue weighted by Gasteiger charge is -1.95. The van der Waals surface area contributed by atoms with Gasteiger partial charge in [0.05, 0.1) is 0 Å². The zero-order valence-corrected chi connectivity index (χ0v) is 6.45. The Morgan fingerprint density at radius 2 is 2.42 bits per heavy atom. The molecule has 1 heterocycles. The van der Waals surface area contributed by atoms with E-state index in [1.165, 1.54) is 6.07 Å². The van der Waals surface area contributed by atoms with Gasteiger partial charge in [-0.3, -0.25) is 0 Å². The molecule has 0 radical (unpaired) electrons. The maximum Gasteiger partial charge on any atom is 0.410 e. The third kappa shape index (κ3) is 2.18. The Morgan fingerprint density at radius 3 is 3.00 bits per heavy atom. The van der Waals surface area contributed by atoms with Crippen LogP contribution in [0.15, 0.2) is 12.4 Å². The quantitative estimate of drug-likeness (QED) is 0.609. The normalized spacial score (nSPS) is 8.67. The largest absolute Gasteiger partial charge is 0.410 e. The number of rotatable bonds is 1. The van der Waals surface area contributed by atoms with Gasteiger partial charge in [-0.05, 0) is 0 Å². The zero-order chi connectivity index (χ0) is 8.97. The van der Waals surface area contributed by atoms with Gasteiger partial charge < -0.3 is 4.74 Å². The van der Waals surface area contributed by atoms with Gasteiger partial charge in [-0.25, -0.2) is 14.8 Å². The third-order valence-corrected chi connectivity index (χ3v) is 1.02. The van der Waals surface area contributed by atoms with Crippen LogP contribution in [-0.2, 0) is 0 Å². The molecule has 1 rings (SSSR count). The molecule has 1 aromatic rings. The number of aromatic nitrogens is 2. The Labute approximate surface area is 72.6 Å². The van der Waals surface area contributed by atoms with Crippen molar-refractivity contribution in [2.45, 2.75) is 0 Å². The Bertz CT molecular complexity index is 347. The van der Waals surface area contributed by atoms with E-state index < -0.39 is 5.43 Å². The maximum atomic E-state index is 10.2. The van der Waals surface area contributed by atoms with Crippen LogP contribution in [0.5, 0.6) is 5.88 Å². The molecule has 0 aliphatic rings. The summed E-state index contributed by atoms with van der Waals surface area (Å²) in [5, 5.41) is 8.38. The number of ether oxygens (including phenoxy) is 1. The molecule has 6 heteroatoms. The average Bonchev–Trinajstić information content (AvgIpc) is 2.03. The second-order valence-electron chi connectivity index (χ2n) is 1.69. The van der Waals surface area contributed by atoms with Crippen LogP contribution in [-0.4, -0.2) is 15.4 Å². The van der Waals surface area contributed by atoms with E-state index in [1.54, 1.807) is 6.07 Å². The van der Waals surface area contributed by atoms with Crippen LogP contribution >= 0.6 is 11.6 Å². The van der Waals surface area contributed by atoms with E-state index in [2.05, 4.69) is 14.7 Å². The highest BCUT2D eigenvalue weighted by Gasteiger charge is 2.02. The van der Waals surface area contributed by atoms with Crippen LogP contribution in [0, 0.1) is 11.3 Å². The van der Waals surface area contributed by atoms with Crippen LogP contribution in [0.4, 0.5) is 4.79 Å². The summed E-state index contributed by atoms with van der Waals surface area (Å²) < 4.78 is 4.38. The fourth-order valence-corrected chi connectivity index (χ4v) is 0.618. The van der Waals surface area contributed by atoms with E-state index in [1.807, 2.05) is 0 Å². The Balaban J connectivity index is 2.88. The molecule has 0 spiro atoms. The van der Waals surface area contributed by atoms with Crippen LogP contribution in [0.3, 0.4) is 0 Å². The summed E-state index contributed by atoms with van der Waals surface area (Å²) in [6.45, 7) is 0. The predicted molar refractivity (Wildman–Crippen MR) is 38.6 cm³/mol. The lowest BCUT2D eigenvalue weighted by Crippen LogP contribution is -1.99. The molecule has 0 atom stereocenters. The number of halogens is 1. The fraction of sp³-hybridized carbons (Fsp3) is 0. The van der Waals surface area contributed by atoms with Crippen molar-refractivity contribution in [1.29, 1.82) is 5.26 Å². The van der Waals surface area contributed by atoms with Crippen LogP contribution in [0.2, 0.25) is 0 Å². The summed E-state index contributed by atoms with van der Waals surface area (Å²) in [6.07, 6.45) is 1.10. The summed E-state index contributed by atoms with van der Waals surface area (Å²) in [5.74, 6) is -0.0402. The number of nitrogens with zero attached hydrogens (tertiary/aromatic N) is 3. The highest BCUT2D eigenvalue weighted by Crippen LogP contribution is 2.06. The van der Waals surface area contributed by atoms with Gasteiger partial charge in [-0.1, -0.05) is 0 Å². The van der Waals surface area contributed by atoms with E-state index in [-0.39, 0.29) is 11.6 Å². The number of carbonyl (C=O) groups excluding carboxylic acids is 1. The van der Waals surface area contributed by atoms with E-state index in [4.69, 9.17) is 16.9 Å². The molecule has 0 unspecified atom stereocenters. The minimum absolute atomic E-state index is 0.0402. The molecule has 1 aromatic heterocycles. The maximum absolute atomic E-state index is 10.2. The lowest BCUT2D eigenvalue weighted by molar-refractivity contribution is 0.224. The lowest BCUT2D eigenvalue weighted by atomic mass is 10.4. The molecule has 0 aliphatic heterocycles. The van der Waals surface area contributed by atoms with Gasteiger partial charge in [0.25, 0.3) is 0 Å². The second-order valence-corrected chi connectivity index (χ2v) is 2.00. The average molecular weight is 184 g/mol. The molecule has 0 saturated carbocycles. The summed E-state index contributed by atoms with van der Waals surface area (Å²) in [4.78, 5) is 17.3. The summed E-state index contributed by atoms with van der Waals surface area (Å²) in [5.41, 5.74) is -0.893. The topological polar surface area (TPSA) is 75.9 Å². The van der Waals surface area contributed by atoms with Crippen molar-refractivity contribution in [3.8, 4) is 11.9 Å². The standard InChI is InChI=1S/C6H2ClN3O2/c7-6(11)12-5-1-4(2-8)9-3-10-5/h1,3H. The summed E-state index contributed by atoms with van der Waals surface area (Å²) in [7, 11) is 0. The van der Waals surface area contributed by atoms with Crippen molar-refractivity contribution in [2.75, 3.05) is 0 Å². The van der Waals surface area contributed by atoms with Gasteiger partial charge in [0.2, 0.25) is 5.88 Å². The van der Waals surface area contributed by atoms with Gasteiger partial charge >= 0.3 is 5.43 Å². The van der Waals surface area contributed by atoms with Crippen molar-refractivity contribution < 1.29 is 9.53 Å². The molecular weight excluding hydrogens is 182 g/mol. The van der Waals surface area contributed by atoms with Crippen LogP contribution in [0.1, 0.15) is 5.69 Å².